The summed E-state index contributed by atoms with van der Waals surface area (Å²) in [6.45, 7) is 1.99. The third-order valence-electron chi connectivity index (χ3n) is 2.28. The van der Waals surface area contributed by atoms with Gasteiger partial charge in [-0.1, -0.05) is 30.3 Å². The molecule has 6 heteroatoms. The Hall–Kier alpha value is -2.68. The van der Waals surface area contributed by atoms with Gasteiger partial charge in [-0.3, -0.25) is 9.59 Å². The van der Waals surface area contributed by atoms with Crippen molar-refractivity contribution in [3.63, 3.8) is 0 Å². The van der Waals surface area contributed by atoms with Gasteiger partial charge in [0.25, 0.3) is 5.91 Å². The summed E-state index contributed by atoms with van der Waals surface area (Å²) in [5, 5.41) is 12.3. The van der Waals surface area contributed by atoms with Crippen LogP contribution in [0.2, 0.25) is 0 Å². The maximum absolute atomic E-state index is 11.5. The molecule has 1 aromatic carbocycles. The van der Waals surface area contributed by atoms with Crippen molar-refractivity contribution >= 4 is 17.6 Å². The normalized spacial score (nSPS) is 10.5. The molecular formula is C14H15N3O3. The molecule has 0 aliphatic heterocycles. The van der Waals surface area contributed by atoms with Crippen LogP contribution in [0.1, 0.15) is 25.3 Å². The fourth-order valence-electron chi connectivity index (χ4n) is 1.43. The fourth-order valence-corrected chi connectivity index (χ4v) is 1.43. The van der Waals surface area contributed by atoms with Crippen molar-refractivity contribution in [2.45, 2.75) is 19.8 Å². The Morgan fingerprint density at radius 2 is 2.05 bits per heavy atom. The third kappa shape index (κ3) is 5.31. The zero-order chi connectivity index (χ0) is 14.8. The van der Waals surface area contributed by atoms with Crippen molar-refractivity contribution < 1.29 is 14.3 Å². The van der Waals surface area contributed by atoms with Gasteiger partial charge in [-0.25, -0.2) is 5.43 Å². The lowest BCUT2D eigenvalue weighted by molar-refractivity contribution is -0.141. The van der Waals surface area contributed by atoms with Crippen molar-refractivity contribution in [3.05, 3.63) is 35.9 Å². The number of rotatable bonds is 6. The number of benzene rings is 1. The molecule has 1 rings (SSSR count). The summed E-state index contributed by atoms with van der Waals surface area (Å²) < 4.78 is 4.86. The summed E-state index contributed by atoms with van der Waals surface area (Å²) in [4.78, 5) is 22.8. The first kappa shape index (κ1) is 15.4. The summed E-state index contributed by atoms with van der Waals surface area (Å²) in [7, 11) is 0. The van der Waals surface area contributed by atoms with E-state index in [2.05, 4.69) is 10.5 Å². The van der Waals surface area contributed by atoms with E-state index < -0.39 is 11.9 Å². The van der Waals surface area contributed by atoms with Crippen LogP contribution in [-0.4, -0.2) is 24.2 Å². The highest BCUT2D eigenvalue weighted by molar-refractivity contribution is 6.09. The second-order valence-electron chi connectivity index (χ2n) is 3.78. The van der Waals surface area contributed by atoms with Gasteiger partial charge < -0.3 is 4.74 Å². The molecule has 0 spiro atoms. The van der Waals surface area contributed by atoms with Crippen LogP contribution in [0.25, 0.3) is 0 Å². The Morgan fingerprint density at radius 3 is 2.65 bits per heavy atom. The smallest absolute Gasteiger partial charge is 0.311 e. The Labute approximate surface area is 117 Å². The number of hydrogen-bond acceptors (Lipinski definition) is 5. The van der Waals surface area contributed by atoms with Crippen molar-refractivity contribution in [3.8, 4) is 6.07 Å². The zero-order valence-corrected chi connectivity index (χ0v) is 11.1. The summed E-state index contributed by atoms with van der Waals surface area (Å²) in [5.74, 6) is -0.950. The molecular weight excluding hydrogens is 258 g/mol. The molecule has 6 nitrogen and oxygen atoms in total. The molecule has 20 heavy (non-hydrogen) atoms. The van der Waals surface area contributed by atoms with Crippen LogP contribution in [-0.2, 0) is 14.3 Å². The van der Waals surface area contributed by atoms with E-state index in [0.717, 1.165) is 0 Å². The van der Waals surface area contributed by atoms with Gasteiger partial charge in [0, 0.05) is 0 Å². The van der Waals surface area contributed by atoms with Gasteiger partial charge in [0.1, 0.15) is 6.42 Å². The van der Waals surface area contributed by atoms with E-state index in [0.29, 0.717) is 11.3 Å². The summed E-state index contributed by atoms with van der Waals surface area (Å²) >= 11 is 0. The summed E-state index contributed by atoms with van der Waals surface area (Å²) in [6.07, 6.45) is -0.338. The van der Waals surface area contributed by atoms with Gasteiger partial charge >= 0.3 is 5.97 Å². The lowest BCUT2D eigenvalue weighted by Gasteiger charge is -2.06. The highest BCUT2D eigenvalue weighted by atomic mass is 16.5. The van der Waals surface area contributed by atoms with Gasteiger partial charge in [-0.05, 0) is 12.5 Å². The predicted octanol–water partition coefficient (Wildman–Crippen LogP) is 1.37. The van der Waals surface area contributed by atoms with E-state index in [4.69, 9.17) is 10.00 Å². The van der Waals surface area contributed by atoms with Crippen molar-refractivity contribution in [2.24, 2.45) is 5.10 Å². The molecule has 0 saturated heterocycles. The van der Waals surface area contributed by atoms with E-state index in [1.807, 2.05) is 6.07 Å². The average molecular weight is 273 g/mol. The minimum absolute atomic E-state index is 0.0509. The molecule has 1 N–H and O–H groups in total. The van der Waals surface area contributed by atoms with E-state index in [1.54, 1.807) is 37.3 Å². The highest BCUT2D eigenvalue weighted by Gasteiger charge is 2.11. The molecule has 1 amide bonds. The first-order valence-corrected chi connectivity index (χ1v) is 6.10. The summed E-state index contributed by atoms with van der Waals surface area (Å²) in [5.41, 5.74) is 3.34. The summed E-state index contributed by atoms with van der Waals surface area (Å²) in [6, 6.07) is 10.7. The van der Waals surface area contributed by atoms with Crippen LogP contribution in [0.3, 0.4) is 0 Å². The van der Waals surface area contributed by atoms with Crippen molar-refractivity contribution in [1.29, 1.82) is 5.26 Å². The molecule has 0 atom stereocenters. The quantitative estimate of drug-likeness (QED) is 0.481. The van der Waals surface area contributed by atoms with E-state index in [9.17, 15) is 9.59 Å². The largest absolute Gasteiger partial charge is 0.466 e. The fraction of sp³-hybridized carbons (Fsp3) is 0.286. The first-order valence-electron chi connectivity index (χ1n) is 6.10. The number of amides is 1. The topological polar surface area (TPSA) is 91.5 Å². The van der Waals surface area contributed by atoms with Crippen molar-refractivity contribution in [2.75, 3.05) is 6.61 Å². The molecule has 0 unspecified atom stereocenters. The Balaban J connectivity index is 2.85. The molecule has 104 valence electrons. The molecule has 0 fully saturated rings. The Kier molecular flexibility index (Phi) is 6.48. The second kappa shape index (κ2) is 8.43. The minimum atomic E-state index is -0.523. The SMILES string of the molecule is CCOC(=O)CC(=NNC(=O)CC#N)c1ccccc1. The molecule has 0 aliphatic rings. The number of carbonyl (C=O) groups is 2. The van der Waals surface area contributed by atoms with Crippen LogP contribution in [0.15, 0.2) is 35.4 Å². The first-order chi connectivity index (χ1) is 9.67. The average Bonchev–Trinajstić information content (AvgIpc) is 2.45. The number of carbonyl (C=O) groups excluding carboxylic acids is 2. The number of ether oxygens (including phenoxy) is 1. The lowest BCUT2D eigenvalue weighted by Crippen LogP contribution is -2.21. The zero-order valence-electron chi connectivity index (χ0n) is 11.1. The van der Waals surface area contributed by atoms with Crippen LogP contribution in [0, 0.1) is 11.3 Å². The van der Waals surface area contributed by atoms with Crippen molar-refractivity contribution in [1.82, 2.24) is 5.43 Å². The van der Waals surface area contributed by atoms with Gasteiger partial charge in [0.2, 0.25) is 0 Å². The van der Waals surface area contributed by atoms with Gasteiger partial charge in [-0.15, -0.1) is 0 Å². The number of nitrogens with zero attached hydrogens (tertiary/aromatic N) is 2. The maximum atomic E-state index is 11.5. The molecule has 0 heterocycles. The Bertz CT molecular complexity index is 532. The van der Waals surface area contributed by atoms with E-state index in [-0.39, 0.29) is 19.4 Å². The lowest BCUT2D eigenvalue weighted by atomic mass is 10.1. The van der Waals surface area contributed by atoms with Crippen LogP contribution < -0.4 is 5.43 Å². The van der Waals surface area contributed by atoms with E-state index in [1.165, 1.54) is 0 Å². The monoisotopic (exact) mass is 273 g/mol. The number of hydrazone groups is 1. The molecule has 0 saturated carbocycles. The molecule has 0 radical (unpaired) electrons. The molecule has 0 bridgehead atoms. The minimum Gasteiger partial charge on any atom is -0.466 e. The van der Waals surface area contributed by atoms with Gasteiger partial charge in [0.05, 0.1) is 24.8 Å². The standard InChI is InChI=1S/C14H15N3O3/c1-2-20-14(19)10-12(11-6-4-3-5-7-11)16-17-13(18)8-9-15/h3-7H,2,8,10H2,1H3,(H,17,18). The highest BCUT2D eigenvalue weighted by Crippen LogP contribution is 2.05. The van der Waals surface area contributed by atoms with Gasteiger partial charge in [-0.2, -0.15) is 10.4 Å². The maximum Gasteiger partial charge on any atom is 0.311 e. The van der Waals surface area contributed by atoms with Crippen LogP contribution in [0.5, 0.6) is 0 Å². The predicted molar refractivity (Wildman–Crippen MR) is 72.6 cm³/mol. The number of nitriles is 1. The second-order valence-corrected chi connectivity index (χ2v) is 3.78. The van der Waals surface area contributed by atoms with Gasteiger partial charge in [0.15, 0.2) is 0 Å². The molecule has 0 aromatic heterocycles. The van der Waals surface area contributed by atoms with E-state index >= 15 is 0 Å². The number of nitrogens with one attached hydrogen (secondary N) is 1. The molecule has 0 aliphatic carbocycles. The van der Waals surface area contributed by atoms with Crippen LogP contribution in [0.4, 0.5) is 0 Å². The number of hydrogen-bond donors (Lipinski definition) is 1. The third-order valence-corrected chi connectivity index (χ3v) is 2.28. The van der Waals surface area contributed by atoms with Crippen LogP contribution >= 0.6 is 0 Å². The Morgan fingerprint density at radius 1 is 1.35 bits per heavy atom. The number of esters is 1. The molecule has 1 aromatic rings.